The number of nitrogens with zero attached hydrogens (tertiary/aromatic N) is 6. The van der Waals surface area contributed by atoms with Crippen molar-refractivity contribution >= 4 is 69.4 Å². The van der Waals surface area contributed by atoms with Gasteiger partial charge in [0.15, 0.2) is 0 Å². The van der Waals surface area contributed by atoms with Crippen LogP contribution in [0.1, 0.15) is 89.6 Å². The fraction of sp³-hybridized carbons (Fsp3) is 0.242. The molecule has 27 heteroatoms. The summed E-state index contributed by atoms with van der Waals surface area (Å²) in [5.41, 5.74) is 10.5. The molecule has 468 valence electrons. The van der Waals surface area contributed by atoms with Crippen LogP contribution in [0.3, 0.4) is 0 Å². The molecule has 0 aliphatic carbocycles. The van der Waals surface area contributed by atoms with Gasteiger partial charge >= 0.3 is 17.9 Å². The first-order valence-corrected chi connectivity index (χ1v) is 26.5. The number of aliphatic carboxylic acids is 1. The summed E-state index contributed by atoms with van der Waals surface area (Å²) in [6, 6.07) is 34.1. The Hall–Kier alpha value is -11.5. The van der Waals surface area contributed by atoms with Gasteiger partial charge in [0.05, 0.1) is 61.0 Å². The highest BCUT2D eigenvalue weighted by molar-refractivity contribution is 6.34. The van der Waals surface area contributed by atoms with Gasteiger partial charge in [-0.2, -0.15) is 0 Å². The van der Waals surface area contributed by atoms with Crippen LogP contribution in [0.2, 0.25) is 0 Å². The summed E-state index contributed by atoms with van der Waals surface area (Å²) in [4.78, 5) is 115. The molecule has 8 rings (SSSR count). The number of ketones is 1. The molecule has 0 saturated heterocycles. The summed E-state index contributed by atoms with van der Waals surface area (Å²) >= 11 is 0. The molecule has 1 aliphatic heterocycles. The quantitative estimate of drug-likeness (QED) is 0.0418. The van der Waals surface area contributed by atoms with Gasteiger partial charge in [-0.3, -0.25) is 75.1 Å². The van der Waals surface area contributed by atoms with Crippen molar-refractivity contribution in [3.8, 4) is 0 Å². The number of esters is 1. The lowest BCUT2D eigenvalue weighted by atomic mass is 10.0. The number of carbonyl (C=O) groups excluding carboxylic acids is 3. The van der Waals surface area contributed by atoms with E-state index in [1.165, 1.54) is 67.1 Å². The van der Waals surface area contributed by atoms with E-state index in [-0.39, 0.29) is 96.5 Å². The smallest absolute Gasteiger partial charge is 0.374 e. The number of hydrogen-bond acceptors (Lipinski definition) is 18. The molecule has 3 N–H and O–H groups in total. The number of aromatic carboxylic acids is 1. The Morgan fingerprint density at radius 3 is 1.08 bits per heavy atom. The number of aryl methyl sites for hydroxylation is 6. The number of nitrogens with one attached hydrogen (secondary N) is 1. The molecular formula is C62H65N7O20. The second-order valence-electron chi connectivity index (χ2n) is 19.3. The van der Waals surface area contributed by atoms with Crippen molar-refractivity contribution in [3.05, 3.63) is 266 Å². The predicted octanol–water partition coefficient (Wildman–Crippen LogP) is 12.8. The number of nitro groups is 6. The summed E-state index contributed by atoms with van der Waals surface area (Å²) in [5.74, 6) is -3.86. The number of carbonyl (C=O) groups is 5. The first kappa shape index (κ1) is 73.6. The van der Waals surface area contributed by atoms with Crippen LogP contribution in [0, 0.1) is 130 Å². The second kappa shape index (κ2) is 35.1. The number of hydrogen-bond donors (Lipinski definition) is 3. The van der Waals surface area contributed by atoms with Crippen LogP contribution in [-0.4, -0.2) is 76.0 Å². The minimum Gasteiger partial charge on any atom is -0.481 e. The van der Waals surface area contributed by atoms with Gasteiger partial charge in [0, 0.05) is 75.5 Å². The molecule has 27 nitrogen and oxygen atoms in total. The molecule has 0 radical (unpaired) electrons. The lowest BCUT2D eigenvalue weighted by molar-refractivity contribution is -0.385. The Morgan fingerprint density at radius 2 is 0.753 bits per heavy atom. The first-order chi connectivity index (χ1) is 41.7. The van der Waals surface area contributed by atoms with Crippen molar-refractivity contribution in [1.29, 1.82) is 0 Å². The maximum Gasteiger partial charge on any atom is 0.374 e. The summed E-state index contributed by atoms with van der Waals surface area (Å²) in [6.07, 6.45) is -0.0905. The Kier molecular flexibility index (Phi) is 29.0. The molecule has 0 aromatic heterocycles. The van der Waals surface area contributed by atoms with E-state index in [0.717, 1.165) is 44.6 Å². The molecule has 0 bridgehead atoms. The molecule has 1 amide bonds. The van der Waals surface area contributed by atoms with E-state index in [0.29, 0.717) is 17.5 Å². The Labute approximate surface area is 509 Å². The maximum absolute atomic E-state index is 11.5. The first-order valence-electron chi connectivity index (χ1n) is 26.5. The standard InChI is InChI=1S/C12H13NO5.C9H9NO4.C9H9NO.C8H7NO4.3C8H9NO2/c1-3-18-12(15)11(14)7-9-8(2)5-4-6-10(9)13(16)17;1-6-3-2-4-8(10(13)14)7(6)5-9(11)12;1-6-3-2-4-8-7(6)5-9(11)10-8;1-5-6(8(10)11)3-2-4-7(5)9(12)13;3*1-6-4-3-5-8(7(6)2)9(10)11/h4-6H,3,7H2,1-2H3;2-4H,5H2,1H3,(H,11,12);2-4H,5H2,1H3,(H,10,11);2-4H,1H3,(H,10,11);3*3-5H,1-2H3. The molecule has 0 unspecified atom stereocenters. The molecule has 1 aliphatic rings. The summed E-state index contributed by atoms with van der Waals surface area (Å²) in [5, 5.41) is 83.0. The zero-order chi connectivity index (χ0) is 67.6. The van der Waals surface area contributed by atoms with Crippen LogP contribution in [0.4, 0.5) is 39.8 Å². The van der Waals surface area contributed by atoms with Crippen LogP contribution < -0.4 is 5.32 Å². The van der Waals surface area contributed by atoms with E-state index in [2.05, 4.69) is 10.1 Å². The maximum atomic E-state index is 11.5. The topological polar surface area (TPSA) is 406 Å². The normalized spacial score (nSPS) is 10.3. The molecule has 0 spiro atoms. The summed E-state index contributed by atoms with van der Waals surface area (Å²) in [7, 11) is 0. The highest BCUT2D eigenvalue weighted by Crippen LogP contribution is 2.27. The lowest BCUT2D eigenvalue weighted by Gasteiger charge is -2.05. The number of fused-ring (bicyclic) bond motifs is 1. The van der Waals surface area contributed by atoms with E-state index < -0.39 is 38.5 Å². The van der Waals surface area contributed by atoms with Gasteiger partial charge in [-0.15, -0.1) is 0 Å². The van der Waals surface area contributed by atoms with Crippen LogP contribution in [0.15, 0.2) is 127 Å². The fourth-order valence-electron chi connectivity index (χ4n) is 8.03. The molecule has 7 aromatic carbocycles. The monoisotopic (exact) mass is 1230 g/mol. The number of nitro benzene ring substituents is 6. The molecule has 0 atom stereocenters. The second-order valence-corrected chi connectivity index (χ2v) is 19.3. The van der Waals surface area contributed by atoms with Gasteiger partial charge in [-0.05, 0) is 127 Å². The van der Waals surface area contributed by atoms with Gasteiger partial charge in [0.1, 0.15) is 0 Å². The average Bonchev–Trinajstić information content (AvgIpc) is 4.03. The summed E-state index contributed by atoms with van der Waals surface area (Å²) in [6.45, 7) is 19.3. The molecule has 0 saturated carbocycles. The van der Waals surface area contributed by atoms with Gasteiger partial charge in [-0.25, -0.2) is 9.59 Å². The van der Waals surface area contributed by atoms with Crippen molar-refractivity contribution in [2.24, 2.45) is 0 Å². The number of amides is 1. The lowest BCUT2D eigenvalue weighted by Crippen LogP contribution is -2.20. The third kappa shape index (κ3) is 22.5. The minimum atomic E-state index is -1.15. The minimum absolute atomic E-state index is 0.0331. The highest BCUT2D eigenvalue weighted by atomic mass is 16.6. The average molecular weight is 1230 g/mol. The van der Waals surface area contributed by atoms with Gasteiger partial charge < -0.3 is 20.3 Å². The van der Waals surface area contributed by atoms with Crippen LogP contribution in [0.5, 0.6) is 0 Å². The molecular weight excluding hydrogens is 1160 g/mol. The van der Waals surface area contributed by atoms with Gasteiger partial charge in [0.2, 0.25) is 11.7 Å². The number of anilines is 1. The third-order valence-electron chi connectivity index (χ3n) is 13.4. The van der Waals surface area contributed by atoms with Crippen molar-refractivity contribution in [1.82, 2.24) is 0 Å². The number of rotatable bonds is 13. The van der Waals surface area contributed by atoms with Crippen molar-refractivity contribution in [2.45, 2.75) is 95.4 Å². The zero-order valence-electron chi connectivity index (χ0n) is 50.4. The fourth-order valence-corrected chi connectivity index (χ4v) is 8.03. The van der Waals surface area contributed by atoms with Crippen molar-refractivity contribution < 1.29 is 68.5 Å². The SMILES string of the molecule is CCOC(=O)C(=O)Cc1c(C)cccc1[N+](=O)[O-].Cc1c(C(=O)O)cccc1[N+](=O)[O-].Cc1cccc([N+](=O)[O-])c1C.Cc1cccc([N+](=O)[O-])c1C.Cc1cccc([N+](=O)[O-])c1C.Cc1cccc([N+](=O)[O-])c1CC(=O)O.Cc1cccc2c1CC(=O)N2. The molecule has 0 fully saturated rings. The third-order valence-corrected chi connectivity index (χ3v) is 13.4. The van der Waals surface area contributed by atoms with Crippen LogP contribution in [-0.2, 0) is 43.2 Å². The Bertz CT molecular complexity index is 3650. The molecule has 7 aromatic rings. The van der Waals surface area contributed by atoms with Crippen LogP contribution >= 0.6 is 0 Å². The predicted molar refractivity (Wildman–Crippen MR) is 328 cm³/mol. The van der Waals surface area contributed by atoms with E-state index in [1.807, 2.05) is 64.1 Å². The highest BCUT2D eigenvalue weighted by Gasteiger charge is 2.24. The number of carboxylic acid groups (broad SMARTS) is 2. The van der Waals surface area contributed by atoms with E-state index in [4.69, 9.17) is 10.2 Å². The number of ether oxygens (including phenoxy) is 1. The Morgan fingerprint density at radius 1 is 0.438 bits per heavy atom. The van der Waals surface area contributed by atoms with Crippen molar-refractivity contribution in [3.63, 3.8) is 0 Å². The number of carboxylic acids is 2. The Balaban J connectivity index is 0.000000356. The van der Waals surface area contributed by atoms with Gasteiger partial charge in [0.25, 0.3) is 34.1 Å². The molecule has 89 heavy (non-hydrogen) atoms. The summed E-state index contributed by atoms with van der Waals surface area (Å²) < 4.78 is 4.56. The van der Waals surface area contributed by atoms with Crippen molar-refractivity contribution in [2.75, 3.05) is 11.9 Å². The van der Waals surface area contributed by atoms with E-state index >= 15 is 0 Å². The number of Topliss-reactive ketones (excluding diaryl/α,β-unsaturated/α-hetero) is 1. The van der Waals surface area contributed by atoms with E-state index in [1.54, 1.807) is 77.9 Å². The van der Waals surface area contributed by atoms with Gasteiger partial charge in [-0.1, -0.05) is 78.9 Å². The molecule has 1 heterocycles. The van der Waals surface area contributed by atoms with Crippen LogP contribution in [0.25, 0.3) is 0 Å². The van der Waals surface area contributed by atoms with E-state index in [9.17, 15) is 84.7 Å². The number of benzene rings is 7. The largest absolute Gasteiger partial charge is 0.481 e. The zero-order valence-corrected chi connectivity index (χ0v) is 50.4.